The summed E-state index contributed by atoms with van der Waals surface area (Å²) in [4.78, 5) is 43.7. The summed E-state index contributed by atoms with van der Waals surface area (Å²) in [6.07, 6.45) is 9.53. The van der Waals surface area contributed by atoms with E-state index in [4.69, 9.17) is 18.9 Å². The van der Waals surface area contributed by atoms with E-state index in [2.05, 4.69) is 23.8 Å². The molecule has 2 aliphatic carbocycles. The van der Waals surface area contributed by atoms with Crippen molar-refractivity contribution in [2.24, 2.45) is 17.8 Å². The molecule has 3 unspecified atom stereocenters. The molecule has 0 radical (unpaired) electrons. The Kier molecular flexibility index (Phi) is 16.5. The van der Waals surface area contributed by atoms with E-state index in [9.17, 15) is 19.2 Å². The van der Waals surface area contributed by atoms with E-state index < -0.39 is 18.0 Å². The maximum absolute atomic E-state index is 11.6. The third kappa shape index (κ3) is 14.4. The molecule has 0 aliphatic heterocycles. The number of esters is 2. The van der Waals surface area contributed by atoms with Gasteiger partial charge in [-0.2, -0.15) is 0 Å². The summed E-state index contributed by atoms with van der Waals surface area (Å²) >= 11 is 0. The molecule has 10 heteroatoms. The molecule has 2 saturated carbocycles. The highest BCUT2D eigenvalue weighted by Gasteiger charge is 2.39. The van der Waals surface area contributed by atoms with E-state index in [1.807, 2.05) is 6.92 Å². The highest BCUT2D eigenvalue weighted by atomic mass is 16.6. The lowest BCUT2D eigenvalue weighted by molar-refractivity contribution is -0.138. The first kappa shape index (κ1) is 31.0. The van der Waals surface area contributed by atoms with Gasteiger partial charge in [0.1, 0.15) is 0 Å². The van der Waals surface area contributed by atoms with Crippen molar-refractivity contribution in [1.82, 2.24) is 10.6 Å². The molecule has 2 amide bonds. The molecule has 0 aromatic rings. The first-order valence-electron chi connectivity index (χ1n) is 12.8. The van der Waals surface area contributed by atoms with Crippen molar-refractivity contribution < 1.29 is 41.0 Å². The molecule has 0 aromatic heterocycles. The highest BCUT2D eigenvalue weighted by Crippen LogP contribution is 2.47. The molecule has 10 nitrogen and oxygen atoms in total. The number of rotatable bonds is 15. The normalized spacial score (nSPS) is 19.2. The Balaban J connectivity index is 0. The lowest BCUT2D eigenvalue weighted by Crippen LogP contribution is -2.32. The van der Waals surface area contributed by atoms with Crippen molar-refractivity contribution in [3.8, 4) is 0 Å². The molecule has 3 atom stereocenters. The van der Waals surface area contributed by atoms with Crippen molar-refractivity contribution in [2.45, 2.75) is 58.3 Å². The van der Waals surface area contributed by atoms with Gasteiger partial charge in [0, 0.05) is 28.1 Å². The Morgan fingerprint density at radius 2 is 1.28 bits per heavy atom. The van der Waals surface area contributed by atoms with Gasteiger partial charge in [0.2, 0.25) is 0 Å². The van der Waals surface area contributed by atoms with Gasteiger partial charge in [-0.1, -0.05) is 19.6 Å². The minimum absolute atomic E-state index is 0. The van der Waals surface area contributed by atoms with Crippen LogP contribution in [0.15, 0.2) is 25.3 Å². The SMILES string of the molecule is C=CC(=O)OCCCCOC(=O)NCC.C=CC(=O)OCCCCOC(=O)NCC1CC2CCC1C2.[HH].[HH]. The molecular formula is C26H46N2O8. The van der Waals surface area contributed by atoms with Crippen LogP contribution in [0, 0.1) is 17.8 Å². The molecule has 0 heterocycles. The molecule has 2 rings (SSSR count). The zero-order valence-corrected chi connectivity index (χ0v) is 21.5. The van der Waals surface area contributed by atoms with Crippen molar-refractivity contribution in [1.29, 1.82) is 0 Å². The van der Waals surface area contributed by atoms with Crippen LogP contribution in [-0.4, -0.2) is 63.6 Å². The van der Waals surface area contributed by atoms with Crippen LogP contribution in [0.25, 0.3) is 0 Å². The number of unbranched alkanes of at least 4 members (excludes halogenated alkanes) is 2. The summed E-state index contributed by atoms with van der Waals surface area (Å²) in [5, 5.41) is 5.37. The number of hydrogen-bond donors (Lipinski definition) is 2. The third-order valence-electron chi connectivity index (χ3n) is 6.08. The van der Waals surface area contributed by atoms with E-state index >= 15 is 0 Å². The van der Waals surface area contributed by atoms with Crippen molar-refractivity contribution in [2.75, 3.05) is 39.5 Å². The van der Waals surface area contributed by atoms with Gasteiger partial charge in [0.25, 0.3) is 0 Å². The fourth-order valence-corrected chi connectivity index (χ4v) is 4.29. The van der Waals surface area contributed by atoms with Crippen LogP contribution >= 0.6 is 0 Å². The van der Waals surface area contributed by atoms with E-state index in [0.717, 1.165) is 30.5 Å². The molecule has 208 valence electrons. The fourth-order valence-electron chi connectivity index (χ4n) is 4.29. The second-order valence-corrected chi connectivity index (χ2v) is 8.78. The number of carbonyl (C=O) groups is 4. The predicted molar refractivity (Wildman–Crippen MR) is 138 cm³/mol. The standard InChI is InChI=1S/C16H25NO4.C10H17NO4.2H2/c1-2-15(18)20-7-3-4-8-21-16(19)17-11-14-10-12-5-6-13(14)9-12;1-3-9(12)14-7-5-6-8-15-10(13)11-4-2;;/h2,12-14H,1,3-11H2,(H,17,19);3H,1,4-8H2,2H3,(H,11,13);2*1H. The molecule has 0 saturated heterocycles. The van der Waals surface area contributed by atoms with Crippen LogP contribution in [0.4, 0.5) is 9.59 Å². The number of fused-ring (bicyclic) bond motifs is 2. The van der Waals surface area contributed by atoms with Crippen LogP contribution in [0.1, 0.15) is 61.1 Å². The number of amides is 2. The molecule has 2 bridgehead atoms. The summed E-state index contributed by atoms with van der Waals surface area (Å²) in [6, 6.07) is 0. The zero-order valence-electron chi connectivity index (χ0n) is 21.5. The third-order valence-corrected chi connectivity index (χ3v) is 6.08. The van der Waals surface area contributed by atoms with Gasteiger partial charge in [0.15, 0.2) is 0 Å². The van der Waals surface area contributed by atoms with E-state index in [1.165, 1.54) is 25.7 Å². The van der Waals surface area contributed by atoms with Crippen LogP contribution in [0.3, 0.4) is 0 Å². The Labute approximate surface area is 217 Å². The molecule has 0 aromatic carbocycles. The molecule has 36 heavy (non-hydrogen) atoms. The first-order chi connectivity index (χ1) is 17.4. The number of hydrogen-bond acceptors (Lipinski definition) is 8. The van der Waals surface area contributed by atoms with Crippen LogP contribution in [0.5, 0.6) is 0 Å². The largest absolute Gasteiger partial charge is 0.463 e. The van der Waals surface area contributed by atoms with Gasteiger partial charge in [-0.3, -0.25) is 0 Å². The number of carbonyl (C=O) groups excluding carboxylic acids is 4. The van der Waals surface area contributed by atoms with Crippen molar-refractivity contribution in [3.63, 3.8) is 0 Å². The number of ether oxygens (including phenoxy) is 4. The van der Waals surface area contributed by atoms with Gasteiger partial charge in [-0.25, -0.2) is 19.2 Å². The first-order valence-corrected chi connectivity index (χ1v) is 12.8. The topological polar surface area (TPSA) is 129 Å². The summed E-state index contributed by atoms with van der Waals surface area (Å²) in [5.41, 5.74) is 0. The van der Waals surface area contributed by atoms with Crippen molar-refractivity contribution in [3.05, 3.63) is 25.3 Å². The lowest BCUT2D eigenvalue weighted by Gasteiger charge is -2.21. The minimum Gasteiger partial charge on any atom is -0.463 e. The van der Waals surface area contributed by atoms with Crippen LogP contribution in [0.2, 0.25) is 0 Å². The van der Waals surface area contributed by atoms with Gasteiger partial charge < -0.3 is 29.6 Å². The van der Waals surface area contributed by atoms with Crippen LogP contribution < -0.4 is 10.6 Å². The molecule has 2 N–H and O–H groups in total. The Morgan fingerprint density at radius 1 is 0.778 bits per heavy atom. The molecule has 2 aliphatic rings. The van der Waals surface area contributed by atoms with E-state index in [0.29, 0.717) is 64.6 Å². The average molecular weight is 515 g/mol. The average Bonchev–Trinajstić information content (AvgIpc) is 3.50. The summed E-state index contributed by atoms with van der Waals surface area (Å²) in [6.45, 7) is 11.0. The maximum Gasteiger partial charge on any atom is 0.407 e. The quantitative estimate of drug-likeness (QED) is 0.142. The Morgan fingerprint density at radius 3 is 1.69 bits per heavy atom. The summed E-state index contributed by atoms with van der Waals surface area (Å²) < 4.78 is 19.5. The second kappa shape index (κ2) is 19.2. The highest BCUT2D eigenvalue weighted by molar-refractivity contribution is 5.81. The fraction of sp³-hybridized carbons (Fsp3) is 0.692. The second-order valence-electron chi connectivity index (χ2n) is 8.78. The Bertz CT molecular complexity index is 723. The molecular weight excluding hydrogens is 468 g/mol. The molecule has 2 fully saturated rings. The van der Waals surface area contributed by atoms with Crippen molar-refractivity contribution >= 4 is 24.1 Å². The van der Waals surface area contributed by atoms with Gasteiger partial charge in [-0.15, -0.1) is 0 Å². The predicted octanol–water partition coefficient (Wildman–Crippen LogP) is 4.39. The Hall–Kier alpha value is -3.04. The van der Waals surface area contributed by atoms with Gasteiger partial charge in [0.05, 0.1) is 26.4 Å². The number of alkyl carbamates (subject to hydrolysis) is 2. The zero-order chi connectivity index (χ0) is 26.6. The van der Waals surface area contributed by atoms with Gasteiger partial charge in [-0.05, 0) is 69.6 Å². The molecule has 0 spiro atoms. The van der Waals surface area contributed by atoms with E-state index in [1.54, 1.807) is 0 Å². The summed E-state index contributed by atoms with van der Waals surface area (Å²) in [7, 11) is 0. The van der Waals surface area contributed by atoms with Gasteiger partial charge >= 0.3 is 24.1 Å². The monoisotopic (exact) mass is 514 g/mol. The lowest BCUT2D eigenvalue weighted by atomic mass is 9.89. The van der Waals surface area contributed by atoms with Crippen LogP contribution in [-0.2, 0) is 28.5 Å². The number of nitrogens with one attached hydrogen (secondary N) is 2. The summed E-state index contributed by atoms with van der Waals surface area (Å²) in [5.74, 6) is 1.51. The maximum atomic E-state index is 11.6. The van der Waals surface area contributed by atoms with E-state index in [-0.39, 0.29) is 8.95 Å². The smallest absolute Gasteiger partial charge is 0.407 e. The minimum atomic E-state index is -0.431.